The summed E-state index contributed by atoms with van der Waals surface area (Å²) in [4.78, 5) is 17.1. The first-order valence-corrected chi connectivity index (χ1v) is 7.40. The average Bonchev–Trinajstić information content (AvgIpc) is 2.62. The van der Waals surface area contributed by atoms with Gasteiger partial charge in [0, 0.05) is 6.20 Å². The lowest BCUT2D eigenvalue weighted by Crippen LogP contribution is -2.18. The van der Waals surface area contributed by atoms with E-state index >= 15 is 0 Å². The quantitative estimate of drug-likeness (QED) is 0.688. The Balaban J connectivity index is 2.25. The van der Waals surface area contributed by atoms with Crippen LogP contribution in [0.15, 0.2) is 59.0 Å². The Morgan fingerprint density at radius 3 is 2.72 bits per heavy atom. The molecule has 6 heteroatoms. The minimum absolute atomic E-state index is 0.0447. The standard InChI is InChI=1S/C19H12N4O2/c1-13-5-4-6-15(9-13)25-18-16(10-14(11-20)12-21)19(24)23-8-3-2-7-17(23)22-18/h2-10H,1H3. The van der Waals surface area contributed by atoms with Gasteiger partial charge < -0.3 is 4.74 Å². The average molecular weight is 328 g/mol. The molecule has 0 aliphatic heterocycles. The van der Waals surface area contributed by atoms with Gasteiger partial charge in [0.05, 0.1) is 0 Å². The second-order valence-corrected chi connectivity index (χ2v) is 5.26. The second kappa shape index (κ2) is 6.69. The van der Waals surface area contributed by atoms with Crippen LogP contribution >= 0.6 is 0 Å². The van der Waals surface area contributed by atoms with Gasteiger partial charge in [-0.1, -0.05) is 18.2 Å². The summed E-state index contributed by atoms with van der Waals surface area (Å²) < 4.78 is 7.12. The summed E-state index contributed by atoms with van der Waals surface area (Å²) in [6.07, 6.45) is 2.76. The minimum Gasteiger partial charge on any atom is -0.438 e. The summed E-state index contributed by atoms with van der Waals surface area (Å²) in [5, 5.41) is 18.0. The molecule has 0 bridgehead atoms. The molecule has 0 spiro atoms. The first-order valence-electron chi connectivity index (χ1n) is 7.40. The van der Waals surface area contributed by atoms with Crippen LogP contribution in [-0.2, 0) is 0 Å². The number of fused-ring (bicyclic) bond motifs is 1. The molecule has 2 heterocycles. The highest BCUT2D eigenvalue weighted by atomic mass is 16.5. The van der Waals surface area contributed by atoms with Gasteiger partial charge >= 0.3 is 0 Å². The molecule has 0 unspecified atom stereocenters. The summed E-state index contributed by atoms with van der Waals surface area (Å²) >= 11 is 0. The van der Waals surface area contributed by atoms with E-state index < -0.39 is 5.56 Å². The van der Waals surface area contributed by atoms with Crippen LogP contribution in [0.5, 0.6) is 11.6 Å². The Morgan fingerprint density at radius 2 is 2.00 bits per heavy atom. The summed E-state index contributed by atoms with van der Waals surface area (Å²) in [7, 11) is 0. The monoisotopic (exact) mass is 328 g/mol. The van der Waals surface area contributed by atoms with Crippen LogP contribution in [0.1, 0.15) is 11.1 Å². The van der Waals surface area contributed by atoms with Crippen LogP contribution in [0.25, 0.3) is 11.7 Å². The van der Waals surface area contributed by atoms with E-state index in [0.29, 0.717) is 11.4 Å². The molecule has 0 amide bonds. The van der Waals surface area contributed by atoms with Crippen molar-refractivity contribution >= 4 is 11.7 Å². The van der Waals surface area contributed by atoms with Crippen molar-refractivity contribution in [2.45, 2.75) is 6.92 Å². The molecule has 0 saturated heterocycles. The number of nitriles is 2. The summed E-state index contributed by atoms with van der Waals surface area (Å²) in [6, 6.07) is 15.9. The number of pyridine rings is 1. The van der Waals surface area contributed by atoms with E-state index in [1.165, 1.54) is 10.5 Å². The molecule has 0 aliphatic carbocycles. The number of benzene rings is 1. The van der Waals surface area contributed by atoms with Crippen LogP contribution < -0.4 is 10.3 Å². The Bertz CT molecular complexity index is 1110. The van der Waals surface area contributed by atoms with Crippen molar-refractivity contribution < 1.29 is 4.74 Å². The molecule has 1 aromatic carbocycles. The maximum Gasteiger partial charge on any atom is 0.269 e. The van der Waals surface area contributed by atoms with Crippen LogP contribution in [0.2, 0.25) is 0 Å². The van der Waals surface area contributed by atoms with Crippen LogP contribution in [0.4, 0.5) is 0 Å². The molecule has 6 nitrogen and oxygen atoms in total. The number of allylic oxidation sites excluding steroid dienone is 1. The second-order valence-electron chi connectivity index (χ2n) is 5.26. The SMILES string of the molecule is Cc1cccc(Oc2nc3ccccn3c(=O)c2C=C(C#N)C#N)c1. The predicted octanol–water partition coefficient (Wildman–Crippen LogP) is 3.23. The van der Waals surface area contributed by atoms with E-state index in [1.807, 2.05) is 19.1 Å². The zero-order chi connectivity index (χ0) is 17.8. The fraction of sp³-hybridized carbons (Fsp3) is 0.0526. The molecule has 0 atom stereocenters. The van der Waals surface area contributed by atoms with Crippen molar-refractivity contribution in [1.82, 2.24) is 9.38 Å². The highest BCUT2D eigenvalue weighted by molar-refractivity contribution is 5.66. The molecule has 0 aliphatic rings. The van der Waals surface area contributed by atoms with Gasteiger partial charge in [-0.25, -0.2) is 0 Å². The lowest BCUT2D eigenvalue weighted by Gasteiger charge is -2.10. The lowest BCUT2D eigenvalue weighted by atomic mass is 10.2. The number of hydrogen-bond acceptors (Lipinski definition) is 5. The highest BCUT2D eigenvalue weighted by Crippen LogP contribution is 2.24. The molecule has 2 aromatic heterocycles. The third kappa shape index (κ3) is 3.24. The molecule has 0 saturated carbocycles. The van der Waals surface area contributed by atoms with Crippen molar-refractivity contribution in [2.75, 3.05) is 0 Å². The van der Waals surface area contributed by atoms with Gasteiger partial charge in [0.2, 0.25) is 5.88 Å². The van der Waals surface area contributed by atoms with Crippen molar-refractivity contribution in [3.8, 4) is 23.8 Å². The van der Waals surface area contributed by atoms with Crippen LogP contribution in [0.3, 0.4) is 0 Å². The molecule has 3 rings (SSSR count). The van der Waals surface area contributed by atoms with Crippen LogP contribution in [0, 0.1) is 29.6 Å². The fourth-order valence-corrected chi connectivity index (χ4v) is 2.31. The lowest BCUT2D eigenvalue weighted by molar-refractivity contribution is 0.460. The zero-order valence-electron chi connectivity index (χ0n) is 13.3. The van der Waals surface area contributed by atoms with Gasteiger partial charge in [0.15, 0.2) is 0 Å². The third-order valence-corrected chi connectivity index (χ3v) is 3.47. The van der Waals surface area contributed by atoms with Gasteiger partial charge in [-0.3, -0.25) is 9.20 Å². The Morgan fingerprint density at radius 1 is 1.20 bits per heavy atom. The summed E-state index contributed by atoms with van der Waals surface area (Å²) in [5.74, 6) is 0.557. The first-order chi connectivity index (χ1) is 12.1. The number of nitrogens with zero attached hydrogens (tertiary/aromatic N) is 4. The molecule has 0 radical (unpaired) electrons. The largest absolute Gasteiger partial charge is 0.438 e. The predicted molar refractivity (Wildman–Crippen MR) is 91.9 cm³/mol. The van der Waals surface area contributed by atoms with Gasteiger partial charge in [0.25, 0.3) is 5.56 Å². The van der Waals surface area contributed by atoms with Crippen molar-refractivity contribution in [3.05, 3.63) is 75.7 Å². The zero-order valence-corrected chi connectivity index (χ0v) is 13.3. The topological polar surface area (TPSA) is 91.2 Å². The van der Waals surface area contributed by atoms with E-state index in [9.17, 15) is 4.79 Å². The molecular formula is C19H12N4O2. The smallest absolute Gasteiger partial charge is 0.269 e. The Kier molecular flexibility index (Phi) is 4.28. The molecule has 120 valence electrons. The van der Waals surface area contributed by atoms with E-state index in [1.54, 1.807) is 48.7 Å². The van der Waals surface area contributed by atoms with Crippen molar-refractivity contribution in [1.29, 1.82) is 10.5 Å². The van der Waals surface area contributed by atoms with Crippen LogP contribution in [-0.4, -0.2) is 9.38 Å². The number of hydrogen-bond donors (Lipinski definition) is 0. The highest BCUT2D eigenvalue weighted by Gasteiger charge is 2.14. The van der Waals surface area contributed by atoms with E-state index in [0.717, 1.165) is 5.56 Å². The normalized spacial score (nSPS) is 9.88. The summed E-state index contributed by atoms with van der Waals surface area (Å²) in [6.45, 7) is 1.92. The Hall–Kier alpha value is -3.90. The van der Waals surface area contributed by atoms with Gasteiger partial charge in [-0.05, 0) is 42.8 Å². The number of aryl methyl sites for hydroxylation is 1. The maximum atomic E-state index is 12.8. The van der Waals surface area contributed by atoms with Gasteiger partial charge in [0.1, 0.15) is 34.7 Å². The molecular weight excluding hydrogens is 316 g/mol. The molecule has 25 heavy (non-hydrogen) atoms. The number of rotatable bonds is 3. The number of aromatic nitrogens is 2. The van der Waals surface area contributed by atoms with Gasteiger partial charge in [-0.15, -0.1) is 0 Å². The maximum absolute atomic E-state index is 12.8. The fourth-order valence-electron chi connectivity index (χ4n) is 2.31. The molecule has 0 fully saturated rings. The molecule has 3 aromatic rings. The van der Waals surface area contributed by atoms with Gasteiger partial charge in [-0.2, -0.15) is 15.5 Å². The minimum atomic E-state index is -0.420. The summed E-state index contributed by atoms with van der Waals surface area (Å²) in [5.41, 5.74) is 0.813. The van der Waals surface area contributed by atoms with Crippen molar-refractivity contribution in [2.24, 2.45) is 0 Å². The molecule has 0 N–H and O–H groups in total. The third-order valence-electron chi connectivity index (χ3n) is 3.47. The van der Waals surface area contributed by atoms with E-state index in [2.05, 4.69) is 4.98 Å². The van der Waals surface area contributed by atoms with E-state index in [4.69, 9.17) is 15.3 Å². The Labute approximate surface area is 143 Å². The van der Waals surface area contributed by atoms with E-state index in [-0.39, 0.29) is 17.0 Å². The first kappa shape index (κ1) is 16.0. The van der Waals surface area contributed by atoms with Crippen molar-refractivity contribution in [3.63, 3.8) is 0 Å². The number of ether oxygens (including phenoxy) is 1.